The molecule has 0 radical (unpaired) electrons. The fourth-order valence-corrected chi connectivity index (χ4v) is 5.99. The lowest BCUT2D eigenvalue weighted by atomic mass is 9.94. The maximum Gasteiger partial charge on any atom is 0.338 e. The highest BCUT2D eigenvalue weighted by molar-refractivity contribution is 7.07. The number of carbonyl (C=O) groups is 1. The van der Waals surface area contributed by atoms with E-state index < -0.39 is 12.0 Å². The monoisotopic (exact) mass is 572 g/mol. The number of ether oxygens (including phenoxy) is 4. The van der Waals surface area contributed by atoms with E-state index in [0.717, 1.165) is 22.8 Å². The molecule has 41 heavy (non-hydrogen) atoms. The van der Waals surface area contributed by atoms with Crippen LogP contribution in [-0.2, 0) is 14.3 Å². The molecule has 3 aromatic carbocycles. The number of nitrogens with zero attached hydrogens (tertiary/aromatic N) is 2. The number of thiazole rings is 1. The quantitative estimate of drug-likeness (QED) is 0.207. The number of methoxy groups -OCH3 is 2. The summed E-state index contributed by atoms with van der Waals surface area (Å²) in [4.78, 5) is 32.9. The lowest BCUT2D eigenvalue weighted by Crippen LogP contribution is -2.40. The normalized spacial score (nSPS) is 15.0. The molecule has 212 valence electrons. The summed E-state index contributed by atoms with van der Waals surface area (Å²) in [6, 6.07) is 18.7. The molecule has 8 nitrogen and oxygen atoms in total. The molecule has 0 fully saturated rings. The molecule has 0 spiro atoms. The van der Waals surface area contributed by atoms with Crippen molar-refractivity contribution in [2.45, 2.75) is 26.3 Å². The zero-order valence-electron chi connectivity index (χ0n) is 23.5. The molecule has 1 aliphatic rings. The molecule has 0 amide bonds. The van der Waals surface area contributed by atoms with Gasteiger partial charge in [-0.15, -0.1) is 0 Å². The molecule has 1 atom stereocenters. The van der Waals surface area contributed by atoms with Gasteiger partial charge in [0.15, 0.2) is 16.3 Å². The molecule has 0 unspecified atom stereocenters. The molecule has 0 saturated heterocycles. The molecule has 0 N–H and O–H groups in total. The van der Waals surface area contributed by atoms with Crippen LogP contribution < -0.4 is 24.4 Å². The Labute approximate surface area is 241 Å². The van der Waals surface area contributed by atoms with E-state index in [1.807, 2.05) is 67.6 Å². The van der Waals surface area contributed by atoms with Crippen molar-refractivity contribution in [2.75, 3.05) is 34.0 Å². The third-order valence-electron chi connectivity index (χ3n) is 6.85. The second-order valence-electron chi connectivity index (χ2n) is 9.51. The summed E-state index contributed by atoms with van der Waals surface area (Å²) in [5.74, 6) is 0.416. The van der Waals surface area contributed by atoms with Gasteiger partial charge in [-0.1, -0.05) is 72.9 Å². The lowest BCUT2D eigenvalue weighted by molar-refractivity contribution is -0.140. The standard InChI is InChI=1S/C32H32N2O6S/c1-5-16-39-29-24(14-9-15-25(29)38-4)28-27(31(36)40-18-17-37-3)20(2)33-32-34(28)30(35)26(41-32)19-22-12-8-11-21-10-6-7-13-23(21)22/h6-15,19,28H,5,16-18H2,1-4H3/b26-19+/t28-/m0/s1. The number of benzene rings is 3. The number of rotatable bonds is 10. The largest absolute Gasteiger partial charge is 0.493 e. The number of carbonyl (C=O) groups excluding carboxylic acids is 1. The molecule has 0 saturated carbocycles. The maximum atomic E-state index is 14.2. The van der Waals surface area contributed by atoms with Gasteiger partial charge in [-0.25, -0.2) is 9.79 Å². The number of fused-ring (bicyclic) bond motifs is 2. The van der Waals surface area contributed by atoms with Gasteiger partial charge in [0.25, 0.3) is 5.56 Å². The number of para-hydroxylation sites is 1. The predicted molar refractivity (Wildman–Crippen MR) is 159 cm³/mol. The van der Waals surface area contributed by atoms with Crippen molar-refractivity contribution in [3.63, 3.8) is 0 Å². The van der Waals surface area contributed by atoms with Crippen LogP contribution in [0.25, 0.3) is 16.8 Å². The van der Waals surface area contributed by atoms with Crippen LogP contribution in [0.5, 0.6) is 11.5 Å². The van der Waals surface area contributed by atoms with Gasteiger partial charge >= 0.3 is 5.97 Å². The maximum absolute atomic E-state index is 14.2. The topological polar surface area (TPSA) is 88.4 Å². The minimum atomic E-state index is -0.835. The number of aromatic nitrogens is 1. The summed E-state index contributed by atoms with van der Waals surface area (Å²) in [5, 5.41) is 2.12. The molecule has 1 aliphatic heterocycles. The Morgan fingerprint density at radius 3 is 2.59 bits per heavy atom. The molecular weight excluding hydrogens is 540 g/mol. The first-order valence-electron chi connectivity index (χ1n) is 13.4. The van der Waals surface area contributed by atoms with Gasteiger partial charge in [-0.2, -0.15) is 0 Å². The van der Waals surface area contributed by atoms with Gasteiger partial charge in [0.05, 0.1) is 36.1 Å². The summed E-state index contributed by atoms with van der Waals surface area (Å²) in [6.07, 6.45) is 2.66. The average Bonchev–Trinajstić information content (AvgIpc) is 3.29. The van der Waals surface area contributed by atoms with Gasteiger partial charge < -0.3 is 18.9 Å². The van der Waals surface area contributed by atoms with Gasteiger partial charge in [0, 0.05) is 12.7 Å². The van der Waals surface area contributed by atoms with E-state index in [9.17, 15) is 9.59 Å². The van der Waals surface area contributed by atoms with Crippen molar-refractivity contribution in [1.29, 1.82) is 0 Å². The van der Waals surface area contributed by atoms with Crippen molar-refractivity contribution >= 4 is 34.2 Å². The van der Waals surface area contributed by atoms with E-state index in [2.05, 4.69) is 0 Å². The molecule has 5 rings (SSSR count). The number of hydrogen-bond acceptors (Lipinski definition) is 8. The predicted octanol–water partition coefficient (Wildman–Crippen LogP) is 4.38. The molecular formula is C32H32N2O6S. The minimum Gasteiger partial charge on any atom is -0.493 e. The van der Waals surface area contributed by atoms with Crippen molar-refractivity contribution < 1.29 is 23.7 Å². The van der Waals surface area contributed by atoms with Crippen LogP contribution >= 0.6 is 11.3 Å². The van der Waals surface area contributed by atoms with Crippen molar-refractivity contribution in [1.82, 2.24) is 4.57 Å². The van der Waals surface area contributed by atoms with Crippen LogP contribution in [0.4, 0.5) is 0 Å². The highest BCUT2D eigenvalue weighted by atomic mass is 32.1. The highest BCUT2D eigenvalue weighted by Crippen LogP contribution is 2.41. The van der Waals surface area contributed by atoms with Gasteiger partial charge in [0.2, 0.25) is 0 Å². The Kier molecular flexibility index (Phi) is 8.66. The molecule has 0 aliphatic carbocycles. The summed E-state index contributed by atoms with van der Waals surface area (Å²) in [5.41, 5.74) is 2.02. The number of hydrogen-bond donors (Lipinski definition) is 0. The fourth-order valence-electron chi connectivity index (χ4n) is 4.96. The molecule has 1 aromatic heterocycles. The third kappa shape index (κ3) is 5.55. The van der Waals surface area contributed by atoms with Gasteiger partial charge in [-0.3, -0.25) is 9.36 Å². The van der Waals surface area contributed by atoms with E-state index in [4.69, 9.17) is 23.9 Å². The van der Waals surface area contributed by atoms with E-state index in [1.54, 1.807) is 24.7 Å². The van der Waals surface area contributed by atoms with Crippen molar-refractivity contribution in [3.05, 3.63) is 103 Å². The SMILES string of the molecule is CCCOc1c(OC)cccc1[C@H]1C(C(=O)OCCOC)=C(C)N=c2s/c(=C/c3cccc4ccccc34)c(=O)n21. The molecule has 2 heterocycles. The highest BCUT2D eigenvalue weighted by Gasteiger charge is 2.36. The Morgan fingerprint density at radius 1 is 1.02 bits per heavy atom. The second-order valence-corrected chi connectivity index (χ2v) is 10.5. The third-order valence-corrected chi connectivity index (χ3v) is 7.83. The van der Waals surface area contributed by atoms with E-state index >= 15 is 0 Å². The second kappa shape index (κ2) is 12.5. The van der Waals surface area contributed by atoms with Crippen LogP contribution in [0.2, 0.25) is 0 Å². The zero-order chi connectivity index (χ0) is 28.9. The first-order chi connectivity index (χ1) is 20.0. The van der Waals surface area contributed by atoms with E-state index in [0.29, 0.717) is 38.7 Å². The Balaban J connectivity index is 1.74. The van der Waals surface area contributed by atoms with Crippen molar-refractivity contribution in [2.24, 2.45) is 4.99 Å². The summed E-state index contributed by atoms with van der Waals surface area (Å²) in [7, 11) is 3.10. The first-order valence-corrected chi connectivity index (χ1v) is 14.3. The van der Waals surface area contributed by atoms with Crippen LogP contribution in [0.3, 0.4) is 0 Å². The zero-order valence-corrected chi connectivity index (χ0v) is 24.3. The Bertz CT molecular complexity index is 1800. The summed E-state index contributed by atoms with van der Waals surface area (Å²) >= 11 is 1.29. The summed E-state index contributed by atoms with van der Waals surface area (Å²) in [6.45, 7) is 4.52. The van der Waals surface area contributed by atoms with Crippen molar-refractivity contribution in [3.8, 4) is 11.5 Å². The smallest absolute Gasteiger partial charge is 0.338 e. The minimum absolute atomic E-state index is 0.0711. The molecule has 9 heteroatoms. The Morgan fingerprint density at radius 2 is 1.80 bits per heavy atom. The van der Waals surface area contributed by atoms with Crippen LogP contribution in [0.15, 0.2) is 81.7 Å². The average molecular weight is 573 g/mol. The Hall–Kier alpha value is -4.21. The summed E-state index contributed by atoms with van der Waals surface area (Å²) < 4.78 is 24.5. The number of esters is 1. The van der Waals surface area contributed by atoms with E-state index in [1.165, 1.54) is 18.4 Å². The molecule has 0 bridgehead atoms. The number of allylic oxidation sites excluding steroid dienone is 1. The first kappa shape index (κ1) is 28.3. The van der Waals surface area contributed by atoms with Gasteiger partial charge in [0.1, 0.15) is 12.6 Å². The van der Waals surface area contributed by atoms with Crippen LogP contribution in [-0.4, -0.2) is 44.6 Å². The van der Waals surface area contributed by atoms with E-state index in [-0.39, 0.29) is 24.3 Å². The van der Waals surface area contributed by atoms with Crippen LogP contribution in [0.1, 0.15) is 37.4 Å². The van der Waals surface area contributed by atoms with Crippen LogP contribution in [0, 0.1) is 0 Å². The lowest BCUT2D eigenvalue weighted by Gasteiger charge is -2.27. The van der Waals surface area contributed by atoms with Gasteiger partial charge in [-0.05, 0) is 41.8 Å². The fraction of sp³-hybridized carbons (Fsp3) is 0.281. The molecule has 4 aromatic rings.